The highest BCUT2D eigenvalue weighted by Gasteiger charge is 2.32. The second-order valence-electron chi connectivity index (χ2n) is 5.14. The largest absolute Gasteiger partial charge is 0.360 e. The third-order valence-electron chi connectivity index (χ3n) is 3.84. The van der Waals surface area contributed by atoms with Crippen LogP contribution in [0.1, 0.15) is 17.9 Å². The number of aryl methyl sites for hydroxylation is 1. The minimum atomic E-state index is 0.845. The summed E-state index contributed by atoms with van der Waals surface area (Å²) >= 11 is 0. The molecule has 2 fully saturated rings. The zero-order chi connectivity index (χ0) is 11.0. The summed E-state index contributed by atoms with van der Waals surface area (Å²) in [7, 11) is 0. The molecular formula is C12H19N3O. The molecule has 0 saturated carbocycles. The van der Waals surface area contributed by atoms with Crippen molar-refractivity contribution in [1.29, 1.82) is 0 Å². The standard InChI is InChI=1S/C12H19N3O/c1-9-4-12(16-14-9)8-15-3-2-10-5-13-6-11(10)7-15/h4,10-11,13H,2-3,5-8H2,1H3. The Kier molecular flexibility index (Phi) is 2.69. The third kappa shape index (κ3) is 1.99. The number of likely N-dealkylation sites (tertiary alicyclic amines) is 1. The first-order valence-corrected chi connectivity index (χ1v) is 6.16. The van der Waals surface area contributed by atoms with Crippen molar-refractivity contribution in [3.63, 3.8) is 0 Å². The van der Waals surface area contributed by atoms with E-state index in [0.717, 1.165) is 29.8 Å². The smallest absolute Gasteiger partial charge is 0.150 e. The lowest BCUT2D eigenvalue weighted by Gasteiger charge is -2.33. The van der Waals surface area contributed by atoms with Crippen LogP contribution in [-0.2, 0) is 6.54 Å². The summed E-state index contributed by atoms with van der Waals surface area (Å²) in [5, 5.41) is 7.42. The van der Waals surface area contributed by atoms with Crippen molar-refractivity contribution in [2.24, 2.45) is 11.8 Å². The van der Waals surface area contributed by atoms with Gasteiger partial charge in [0.05, 0.1) is 12.2 Å². The van der Waals surface area contributed by atoms with Gasteiger partial charge in [-0.15, -0.1) is 0 Å². The molecule has 2 unspecified atom stereocenters. The van der Waals surface area contributed by atoms with E-state index in [-0.39, 0.29) is 0 Å². The average Bonchev–Trinajstić information content (AvgIpc) is 2.87. The van der Waals surface area contributed by atoms with Crippen molar-refractivity contribution in [3.8, 4) is 0 Å². The number of hydrogen-bond donors (Lipinski definition) is 1. The molecule has 0 aromatic carbocycles. The fraction of sp³-hybridized carbons (Fsp3) is 0.750. The maximum Gasteiger partial charge on any atom is 0.150 e. The molecule has 3 heterocycles. The van der Waals surface area contributed by atoms with Gasteiger partial charge >= 0.3 is 0 Å². The van der Waals surface area contributed by atoms with Crippen molar-refractivity contribution >= 4 is 0 Å². The van der Waals surface area contributed by atoms with Crippen LogP contribution in [0.3, 0.4) is 0 Å². The van der Waals surface area contributed by atoms with E-state index >= 15 is 0 Å². The van der Waals surface area contributed by atoms with E-state index < -0.39 is 0 Å². The molecule has 0 spiro atoms. The number of hydrogen-bond acceptors (Lipinski definition) is 4. The van der Waals surface area contributed by atoms with Crippen molar-refractivity contribution in [2.75, 3.05) is 26.2 Å². The molecule has 0 radical (unpaired) electrons. The van der Waals surface area contributed by atoms with E-state index in [4.69, 9.17) is 4.52 Å². The van der Waals surface area contributed by atoms with Crippen LogP contribution >= 0.6 is 0 Å². The molecule has 3 rings (SSSR count). The van der Waals surface area contributed by atoms with E-state index in [0.29, 0.717) is 0 Å². The van der Waals surface area contributed by atoms with E-state index in [2.05, 4.69) is 15.4 Å². The van der Waals surface area contributed by atoms with Gasteiger partial charge in [0, 0.05) is 12.6 Å². The molecule has 0 amide bonds. The highest BCUT2D eigenvalue weighted by molar-refractivity contribution is 5.03. The quantitative estimate of drug-likeness (QED) is 0.809. The molecule has 2 atom stereocenters. The minimum Gasteiger partial charge on any atom is -0.360 e. The fourth-order valence-corrected chi connectivity index (χ4v) is 2.96. The Morgan fingerprint density at radius 1 is 1.50 bits per heavy atom. The molecule has 16 heavy (non-hydrogen) atoms. The predicted molar refractivity (Wildman–Crippen MR) is 61.0 cm³/mol. The van der Waals surface area contributed by atoms with Gasteiger partial charge in [-0.1, -0.05) is 5.16 Å². The molecule has 0 bridgehead atoms. The summed E-state index contributed by atoms with van der Waals surface area (Å²) in [6, 6.07) is 2.04. The maximum absolute atomic E-state index is 5.27. The van der Waals surface area contributed by atoms with Gasteiger partial charge in [0.25, 0.3) is 0 Å². The van der Waals surface area contributed by atoms with Crippen LogP contribution in [0.5, 0.6) is 0 Å². The minimum absolute atomic E-state index is 0.845. The Labute approximate surface area is 96.0 Å². The lowest BCUT2D eigenvalue weighted by atomic mass is 9.89. The van der Waals surface area contributed by atoms with Crippen molar-refractivity contribution < 1.29 is 4.52 Å². The molecule has 2 saturated heterocycles. The van der Waals surface area contributed by atoms with Gasteiger partial charge in [-0.25, -0.2) is 0 Å². The number of fused-ring (bicyclic) bond motifs is 1. The summed E-state index contributed by atoms with van der Waals surface area (Å²) in [5.74, 6) is 2.76. The molecule has 4 nitrogen and oxygen atoms in total. The molecule has 2 aliphatic rings. The first-order chi connectivity index (χ1) is 7.81. The third-order valence-corrected chi connectivity index (χ3v) is 3.84. The molecule has 0 aliphatic carbocycles. The van der Waals surface area contributed by atoms with Gasteiger partial charge < -0.3 is 9.84 Å². The first kappa shape index (κ1) is 10.3. The Bertz CT molecular complexity index is 363. The zero-order valence-electron chi connectivity index (χ0n) is 9.78. The van der Waals surface area contributed by atoms with Crippen LogP contribution in [0, 0.1) is 18.8 Å². The van der Waals surface area contributed by atoms with Gasteiger partial charge in [-0.05, 0) is 44.8 Å². The molecule has 88 valence electrons. The van der Waals surface area contributed by atoms with Crippen LogP contribution in [0.2, 0.25) is 0 Å². The predicted octanol–water partition coefficient (Wildman–Crippen LogP) is 1.02. The zero-order valence-corrected chi connectivity index (χ0v) is 9.78. The maximum atomic E-state index is 5.27. The summed E-state index contributed by atoms with van der Waals surface area (Å²) in [6.07, 6.45) is 1.32. The summed E-state index contributed by atoms with van der Waals surface area (Å²) in [4.78, 5) is 2.49. The van der Waals surface area contributed by atoms with Crippen LogP contribution in [0.4, 0.5) is 0 Å². The Balaban J connectivity index is 1.60. The number of aromatic nitrogens is 1. The van der Waals surface area contributed by atoms with Crippen LogP contribution in [0.25, 0.3) is 0 Å². The average molecular weight is 221 g/mol. The Morgan fingerprint density at radius 3 is 3.19 bits per heavy atom. The van der Waals surface area contributed by atoms with Crippen molar-refractivity contribution in [2.45, 2.75) is 19.9 Å². The molecule has 1 aromatic rings. The topological polar surface area (TPSA) is 41.3 Å². The second-order valence-corrected chi connectivity index (χ2v) is 5.14. The molecule has 1 N–H and O–H groups in total. The lowest BCUT2D eigenvalue weighted by Crippen LogP contribution is -2.39. The molecule has 1 aromatic heterocycles. The van der Waals surface area contributed by atoms with Gasteiger partial charge in [-0.2, -0.15) is 0 Å². The normalized spacial score (nSPS) is 30.6. The first-order valence-electron chi connectivity index (χ1n) is 6.16. The van der Waals surface area contributed by atoms with Crippen molar-refractivity contribution in [1.82, 2.24) is 15.4 Å². The highest BCUT2D eigenvalue weighted by Crippen LogP contribution is 2.27. The molecule has 2 aliphatic heterocycles. The van der Waals surface area contributed by atoms with E-state index in [1.165, 1.54) is 32.6 Å². The fourth-order valence-electron chi connectivity index (χ4n) is 2.96. The van der Waals surface area contributed by atoms with E-state index in [9.17, 15) is 0 Å². The monoisotopic (exact) mass is 221 g/mol. The van der Waals surface area contributed by atoms with Gasteiger partial charge in [0.1, 0.15) is 0 Å². The number of piperidine rings is 1. The highest BCUT2D eigenvalue weighted by atomic mass is 16.5. The van der Waals surface area contributed by atoms with Crippen molar-refractivity contribution in [3.05, 3.63) is 17.5 Å². The van der Waals surface area contributed by atoms with Crippen LogP contribution in [0.15, 0.2) is 10.6 Å². The SMILES string of the molecule is Cc1cc(CN2CCC3CNCC3C2)on1. The summed E-state index contributed by atoms with van der Waals surface area (Å²) in [6.45, 7) is 7.71. The molecule has 4 heteroatoms. The summed E-state index contributed by atoms with van der Waals surface area (Å²) in [5.41, 5.74) is 0.979. The van der Waals surface area contributed by atoms with E-state index in [1.54, 1.807) is 0 Å². The summed E-state index contributed by atoms with van der Waals surface area (Å²) < 4.78 is 5.27. The number of nitrogens with one attached hydrogen (secondary N) is 1. The van der Waals surface area contributed by atoms with E-state index in [1.807, 2.05) is 13.0 Å². The lowest BCUT2D eigenvalue weighted by molar-refractivity contribution is 0.130. The second kappa shape index (κ2) is 4.18. The van der Waals surface area contributed by atoms with Crippen LogP contribution in [-0.4, -0.2) is 36.2 Å². The number of rotatable bonds is 2. The number of nitrogens with zero attached hydrogens (tertiary/aromatic N) is 2. The Hall–Kier alpha value is -0.870. The Morgan fingerprint density at radius 2 is 2.38 bits per heavy atom. The van der Waals surface area contributed by atoms with Crippen LogP contribution < -0.4 is 5.32 Å². The van der Waals surface area contributed by atoms with Gasteiger partial charge in [0.2, 0.25) is 0 Å². The van der Waals surface area contributed by atoms with Gasteiger partial charge in [0.15, 0.2) is 5.76 Å². The van der Waals surface area contributed by atoms with Gasteiger partial charge in [-0.3, -0.25) is 4.90 Å². The molecular weight excluding hydrogens is 202 g/mol.